The second-order valence-electron chi connectivity index (χ2n) is 5.70. The number of nitrogens with one attached hydrogen (secondary N) is 2. The van der Waals surface area contributed by atoms with Crippen molar-refractivity contribution in [3.05, 3.63) is 53.1 Å². The van der Waals surface area contributed by atoms with Gasteiger partial charge in [-0.2, -0.15) is 13.2 Å². The highest BCUT2D eigenvalue weighted by atomic mass is 35.5. The van der Waals surface area contributed by atoms with Gasteiger partial charge in [-0.25, -0.2) is 9.59 Å². The largest absolute Gasteiger partial charge is 0.495 e. The number of methoxy groups -OCH3 is 2. The average molecular weight is 433 g/mol. The van der Waals surface area contributed by atoms with Crippen LogP contribution in [-0.4, -0.2) is 37.5 Å². The topological polar surface area (TPSA) is 96.9 Å². The molecule has 0 aliphatic rings. The summed E-state index contributed by atoms with van der Waals surface area (Å²) in [5, 5.41) is 15.4. The van der Waals surface area contributed by atoms with Crippen LogP contribution < -0.4 is 15.4 Å². The quantitative estimate of drug-likeness (QED) is 0.622. The lowest BCUT2D eigenvalue weighted by molar-refractivity contribution is -0.266. The average Bonchev–Trinajstić information content (AvgIpc) is 2.67. The lowest BCUT2D eigenvalue weighted by atomic mass is 9.92. The minimum atomic E-state index is -5.36. The number of aliphatic hydroxyl groups is 1. The minimum Gasteiger partial charge on any atom is -0.495 e. The zero-order chi connectivity index (χ0) is 21.8. The van der Waals surface area contributed by atoms with Gasteiger partial charge in [-0.1, -0.05) is 17.7 Å². The second-order valence-corrected chi connectivity index (χ2v) is 6.14. The van der Waals surface area contributed by atoms with Crippen LogP contribution in [0, 0.1) is 0 Å². The summed E-state index contributed by atoms with van der Waals surface area (Å²) in [6, 6.07) is 8.14. The Balaban J connectivity index is 2.31. The molecule has 1 atom stereocenters. The summed E-state index contributed by atoms with van der Waals surface area (Å²) in [6.07, 6.45) is -5.36. The molecule has 2 rings (SSSR count). The molecule has 2 aromatic rings. The number of alkyl halides is 3. The Bertz CT molecular complexity index is 905. The molecule has 2 amide bonds. The number of urea groups is 1. The van der Waals surface area contributed by atoms with Gasteiger partial charge in [0.2, 0.25) is 0 Å². The van der Waals surface area contributed by atoms with E-state index in [0.29, 0.717) is 17.8 Å². The van der Waals surface area contributed by atoms with Crippen LogP contribution in [0.4, 0.5) is 29.3 Å². The van der Waals surface area contributed by atoms with Crippen molar-refractivity contribution in [2.75, 3.05) is 24.9 Å². The van der Waals surface area contributed by atoms with E-state index in [4.69, 9.17) is 16.3 Å². The molecular weight excluding hydrogens is 417 g/mol. The Morgan fingerprint density at radius 3 is 2.17 bits per heavy atom. The maximum absolute atomic E-state index is 13.4. The molecule has 0 heterocycles. The Kier molecular flexibility index (Phi) is 6.60. The van der Waals surface area contributed by atoms with Gasteiger partial charge in [-0.15, -0.1) is 0 Å². The van der Waals surface area contributed by atoms with Crippen molar-refractivity contribution in [3.63, 3.8) is 0 Å². The fraction of sp³-hybridized carbons (Fsp3) is 0.222. The van der Waals surface area contributed by atoms with Crippen LogP contribution in [0.25, 0.3) is 0 Å². The van der Waals surface area contributed by atoms with Crippen molar-refractivity contribution in [2.45, 2.75) is 11.8 Å². The van der Waals surface area contributed by atoms with E-state index in [1.165, 1.54) is 0 Å². The van der Waals surface area contributed by atoms with E-state index >= 15 is 0 Å². The first-order chi connectivity index (χ1) is 13.5. The monoisotopic (exact) mass is 432 g/mol. The van der Waals surface area contributed by atoms with E-state index in [1.54, 1.807) is 24.3 Å². The fourth-order valence-electron chi connectivity index (χ4n) is 2.38. The summed E-state index contributed by atoms with van der Waals surface area (Å²) in [6.45, 7) is 0. The highest BCUT2D eigenvalue weighted by molar-refractivity contribution is 6.30. The van der Waals surface area contributed by atoms with Gasteiger partial charge in [0.15, 0.2) is 0 Å². The maximum atomic E-state index is 13.4. The predicted molar refractivity (Wildman–Crippen MR) is 99.1 cm³/mol. The number of carbonyl (C=O) groups excluding carboxylic acids is 2. The molecule has 29 heavy (non-hydrogen) atoms. The molecule has 0 unspecified atom stereocenters. The first-order valence-corrected chi connectivity index (χ1v) is 8.30. The zero-order valence-electron chi connectivity index (χ0n) is 15.1. The Morgan fingerprint density at radius 2 is 1.66 bits per heavy atom. The Hall–Kier alpha value is -2.98. The summed E-state index contributed by atoms with van der Waals surface area (Å²) >= 11 is 5.76. The number of ether oxygens (including phenoxy) is 2. The second kappa shape index (κ2) is 8.58. The van der Waals surface area contributed by atoms with Crippen molar-refractivity contribution in [1.29, 1.82) is 0 Å². The van der Waals surface area contributed by atoms with Crippen molar-refractivity contribution in [3.8, 4) is 5.75 Å². The molecule has 7 nitrogen and oxygen atoms in total. The van der Waals surface area contributed by atoms with Crippen LogP contribution in [0.3, 0.4) is 0 Å². The fourth-order valence-corrected chi connectivity index (χ4v) is 2.51. The highest BCUT2D eigenvalue weighted by Crippen LogP contribution is 2.42. The van der Waals surface area contributed by atoms with Gasteiger partial charge in [0.1, 0.15) is 5.75 Å². The molecular formula is C18H16ClF3N2O5. The number of carbonyl (C=O) groups is 2. The third kappa shape index (κ3) is 4.72. The third-order valence-corrected chi connectivity index (χ3v) is 4.11. The van der Waals surface area contributed by atoms with Gasteiger partial charge in [-0.05, 0) is 36.4 Å². The maximum Gasteiger partial charge on any atom is 0.432 e. The number of halogens is 4. The van der Waals surface area contributed by atoms with E-state index in [2.05, 4.69) is 15.4 Å². The first-order valence-electron chi connectivity index (χ1n) is 7.92. The van der Waals surface area contributed by atoms with Gasteiger partial charge in [0.25, 0.3) is 5.60 Å². The molecule has 0 radical (unpaired) electrons. The number of amides is 2. The number of hydrogen-bond donors (Lipinski definition) is 3. The summed E-state index contributed by atoms with van der Waals surface area (Å²) < 4.78 is 49.2. The molecule has 0 fully saturated rings. The lowest BCUT2D eigenvalue weighted by Crippen LogP contribution is -2.49. The van der Waals surface area contributed by atoms with Gasteiger partial charge in [0, 0.05) is 16.3 Å². The zero-order valence-corrected chi connectivity index (χ0v) is 15.9. The molecule has 3 N–H and O–H groups in total. The summed E-state index contributed by atoms with van der Waals surface area (Å²) in [7, 11) is 1.86. The Labute approximate surface area is 168 Å². The van der Waals surface area contributed by atoms with Crippen molar-refractivity contribution in [1.82, 2.24) is 0 Å². The van der Waals surface area contributed by atoms with Crippen LogP contribution in [0.5, 0.6) is 5.75 Å². The first kappa shape index (κ1) is 22.3. The normalized spacial score (nSPS) is 13.2. The van der Waals surface area contributed by atoms with E-state index in [-0.39, 0.29) is 11.4 Å². The standard InChI is InChI=1S/C18H16ClF3N2O5/c1-28-14-9-10(17(27,15(25)29-2)18(20,21)22)3-8-13(14)24-16(26)23-12-6-4-11(19)5-7-12/h3-9,27H,1-2H3,(H2,23,24,26)/t17-/m1/s1. The van der Waals surface area contributed by atoms with E-state index in [1.807, 2.05) is 0 Å². The van der Waals surface area contributed by atoms with Crippen LogP contribution in [0.1, 0.15) is 5.56 Å². The van der Waals surface area contributed by atoms with E-state index in [0.717, 1.165) is 25.3 Å². The van der Waals surface area contributed by atoms with Gasteiger partial charge >= 0.3 is 18.2 Å². The van der Waals surface area contributed by atoms with Crippen molar-refractivity contribution < 1.29 is 37.3 Å². The molecule has 0 saturated heterocycles. The molecule has 156 valence electrons. The van der Waals surface area contributed by atoms with E-state index in [9.17, 15) is 27.9 Å². The number of anilines is 2. The highest BCUT2D eigenvalue weighted by Gasteiger charge is 2.62. The summed E-state index contributed by atoms with van der Waals surface area (Å²) in [5.41, 5.74) is -4.33. The van der Waals surface area contributed by atoms with E-state index < -0.39 is 29.3 Å². The summed E-state index contributed by atoms with van der Waals surface area (Å²) in [5.74, 6) is -2.13. The smallest absolute Gasteiger partial charge is 0.432 e. The number of benzene rings is 2. The predicted octanol–water partition coefficient (Wildman–Crippen LogP) is 3.92. The molecule has 2 aromatic carbocycles. The van der Waals surface area contributed by atoms with Crippen molar-refractivity contribution >= 4 is 35.0 Å². The lowest BCUT2D eigenvalue weighted by Gasteiger charge is -2.28. The number of rotatable bonds is 5. The van der Waals surface area contributed by atoms with Crippen molar-refractivity contribution in [2.24, 2.45) is 0 Å². The van der Waals surface area contributed by atoms with Crippen LogP contribution in [0.15, 0.2) is 42.5 Å². The molecule has 11 heteroatoms. The Morgan fingerprint density at radius 1 is 1.03 bits per heavy atom. The molecule has 0 aliphatic carbocycles. The van der Waals surface area contributed by atoms with Crippen LogP contribution in [-0.2, 0) is 15.1 Å². The molecule has 0 spiro atoms. The van der Waals surface area contributed by atoms with Gasteiger partial charge < -0.3 is 25.2 Å². The SMILES string of the molecule is COC(=O)[C@](O)(c1ccc(NC(=O)Nc2ccc(Cl)cc2)c(OC)c1)C(F)(F)F. The minimum absolute atomic E-state index is 0.00268. The number of esters is 1. The third-order valence-electron chi connectivity index (χ3n) is 3.86. The summed E-state index contributed by atoms with van der Waals surface area (Å²) in [4.78, 5) is 23.8. The number of hydrogen-bond acceptors (Lipinski definition) is 5. The molecule has 0 aromatic heterocycles. The molecule has 0 saturated carbocycles. The molecule has 0 aliphatic heterocycles. The van der Waals surface area contributed by atoms with Crippen LogP contribution >= 0.6 is 11.6 Å². The van der Waals surface area contributed by atoms with Gasteiger partial charge in [0.05, 0.1) is 19.9 Å². The molecule has 0 bridgehead atoms. The van der Waals surface area contributed by atoms with Crippen LogP contribution in [0.2, 0.25) is 5.02 Å². The van der Waals surface area contributed by atoms with Gasteiger partial charge in [-0.3, -0.25) is 0 Å².